The molecule has 0 aliphatic carbocycles. The van der Waals surface area contributed by atoms with Crippen LogP contribution in [0.5, 0.6) is 0 Å². The minimum Gasteiger partial charge on any atom is -0.356 e. The van der Waals surface area contributed by atoms with Gasteiger partial charge in [-0.25, -0.2) is 4.79 Å². The molecule has 7 heteroatoms. The van der Waals surface area contributed by atoms with Crippen LogP contribution in [0.4, 0.5) is 16.2 Å². The van der Waals surface area contributed by atoms with Crippen LogP contribution in [0.3, 0.4) is 0 Å². The van der Waals surface area contributed by atoms with E-state index < -0.39 is 0 Å². The molecule has 2 aliphatic heterocycles. The number of carbonyl (C=O) groups is 2. The molecule has 1 fully saturated rings. The highest BCUT2D eigenvalue weighted by Gasteiger charge is 2.21. The zero-order valence-electron chi connectivity index (χ0n) is 21.0. The maximum Gasteiger partial charge on any atom is 0.326 e. The van der Waals surface area contributed by atoms with Crippen LogP contribution >= 0.6 is 0 Å². The number of hydrogen-bond acceptors (Lipinski definition) is 4. The standard InChI is InChI=1S/C28H39N5O2/c1-2-31-18-20-32(21-19-31)16-7-15-29-27(34)22-23-11-13-25(14-12-23)30-28(35)33-17-6-5-9-24-8-3-4-10-26(24)33/h3-4,8,10-14H,2,5-7,9,15-22H2,1H3,(H,29,34)(H,30,35). The Morgan fingerprint density at radius 3 is 2.40 bits per heavy atom. The number of hydrogen-bond donors (Lipinski definition) is 2. The molecule has 2 N–H and O–H groups in total. The van der Waals surface area contributed by atoms with Crippen LogP contribution in [-0.2, 0) is 17.6 Å². The molecule has 7 nitrogen and oxygen atoms in total. The SMILES string of the molecule is CCN1CCN(CCCNC(=O)Cc2ccc(NC(=O)N3CCCCc4ccccc43)cc2)CC1. The molecule has 0 bridgehead atoms. The summed E-state index contributed by atoms with van der Waals surface area (Å²) in [7, 11) is 0. The van der Waals surface area contributed by atoms with E-state index in [1.54, 1.807) is 0 Å². The Morgan fingerprint density at radius 2 is 1.63 bits per heavy atom. The first kappa shape index (κ1) is 25.2. The van der Waals surface area contributed by atoms with E-state index in [1.807, 2.05) is 47.4 Å². The van der Waals surface area contributed by atoms with E-state index in [1.165, 1.54) is 5.56 Å². The molecule has 2 heterocycles. The van der Waals surface area contributed by atoms with Gasteiger partial charge in [0.05, 0.1) is 6.42 Å². The normalized spacial score (nSPS) is 16.9. The molecular formula is C28H39N5O2. The summed E-state index contributed by atoms with van der Waals surface area (Å²) < 4.78 is 0. The summed E-state index contributed by atoms with van der Waals surface area (Å²) in [4.78, 5) is 32.1. The zero-order valence-corrected chi connectivity index (χ0v) is 21.0. The van der Waals surface area contributed by atoms with Gasteiger partial charge < -0.3 is 20.4 Å². The van der Waals surface area contributed by atoms with Crippen LogP contribution in [0.25, 0.3) is 0 Å². The smallest absolute Gasteiger partial charge is 0.326 e. The van der Waals surface area contributed by atoms with Gasteiger partial charge in [-0.1, -0.05) is 37.3 Å². The van der Waals surface area contributed by atoms with Gasteiger partial charge in [0.2, 0.25) is 5.91 Å². The third kappa shape index (κ3) is 7.29. The van der Waals surface area contributed by atoms with E-state index in [2.05, 4.69) is 33.4 Å². The molecule has 4 rings (SSSR count). The molecule has 2 aliphatic rings. The van der Waals surface area contributed by atoms with Crippen molar-refractivity contribution < 1.29 is 9.59 Å². The van der Waals surface area contributed by atoms with Crippen molar-refractivity contribution in [2.45, 2.75) is 39.0 Å². The number of likely N-dealkylation sites (N-methyl/N-ethyl adjacent to an activating group) is 1. The number of aryl methyl sites for hydroxylation is 1. The van der Waals surface area contributed by atoms with E-state index in [0.29, 0.717) is 13.0 Å². The number of rotatable bonds is 8. The number of nitrogens with zero attached hydrogens (tertiary/aromatic N) is 3. The second kappa shape index (κ2) is 12.7. The molecule has 3 amide bonds. The summed E-state index contributed by atoms with van der Waals surface area (Å²) in [5.41, 5.74) is 3.90. The van der Waals surface area contributed by atoms with Gasteiger partial charge in [-0.05, 0) is 68.1 Å². The maximum absolute atomic E-state index is 13.0. The van der Waals surface area contributed by atoms with Crippen molar-refractivity contribution in [3.8, 4) is 0 Å². The minimum absolute atomic E-state index is 0.0405. The first-order valence-corrected chi connectivity index (χ1v) is 13.1. The average molecular weight is 478 g/mol. The molecule has 0 atom stereocenters. The van der Waals surface area contributed by atoms with Crippen molar-refractivity contribution >= 4 is 23.3 Å². The number of urea groups is 1. The molecule has 1 saturated heterocycles. The van der Waals surface area contributed by atoms with Crippen LogP contribution in [0, 0.1) is 0 Å². The quantitative estimate of drug-likeness (QED) is 0.569. The second-order valence-corrected chi connectivity index (χ2v) is 9.52. The van der Waals surface area contributed by atoms with Gasteiger partial charge in [0.15, 0.2) is 0 Å². The zero-order chi connectivity index (χ0) is 24.5. The molecule has 35 heavy (non-hydrogen) atoms. The predicted molar refractivity (Wildman–Crippen MR) is 142 cm³/mol. The Bertz CT molecular complexity index is 970. The lowest BCUT2D eigenvalue weighted by atomic mass is 10.1. The summed E-state index contributed by atoms with van der Waals surface area (Å²) in [6.45, 7) is 10.3. The van der Waals surface area contributed by atoms with Gasteiger partial charge in [0.25, 0.3) is 0 Å². The van der Waals surface area contributed by atoms with Crippen molar-refractivity contribution in [2.24, 2.45) is 0 Å². The first-order chi connectivity index (χ1) is 17.1. The predicted octanol–water partition coefficient (Wildman–Crippen LogP) is 3.75. The summed E-state index contributed by atoms with van der Waals surface area (Å²) in [5, 5.41) is 6.06. The lowest BCUT2D eigenvalue weighted by molar-refractivity contribution is -0.120. The van der Waals surface area contributed by atoms with Gasteiger partial charge >= 0.3 is 6.03 Å². The van der Waals surface area contributed by atoms with Gasteiger partial charge in [0.1, 0.15) is 0 Å². The number of anilines is 2. The lowest BCUT2D eigenvalue weighted by Gasteiger charge is -2.33. The topological polar surface area (TPSA) is 67.9 Å². The van der Waals surface area contributed by atoms with Gasteiger partial charge in [-0.2, -0.15) is 0 Å². The number of benzene rings is 2. The van der Waals surface area contributed by atoms with Crippen LogP contribution in [0.1, 0.15) is 37.3 Å². The van der Waals surface area contributed by atoms with Crippen LogP contribution in [0.2, 0.25) is 0 Å². The number of piperazine rings is 1. The lowest BCUT2D eigenvalue weighted by Crippen LogP contribution is -2.46. The minimum atomic E-state index is -0.110. The van der Waals surface area contributed by atoms with Gasteiger partial charge in [-0.3, -0.25) is 9.69 Å². The Hall–Kier alpha value is -2.90. The van der Waals surface area contributed by atoms with Gasteiger partial charge in [0, 0.05) is 50.6 Å². The van der Waals surface area contributed by atoms with Crippen LogP contribution in [0.15, 0.2) is 48.5 Å². The summed E-state index contributed by atoms with van der Waals surface area (Å²) in [5.74, 6) is 0.0405. The number of fused-ring (bicyclic) bond motifs is 1. The molecule has 0 radical (unpaired) electrons. The molecule has 0 saturated carbocycles. The van der Waals surface area contributed by atoms with E-state index in [9.17, 15) is 9.59 Å². The monoisotopic (exact) mass is 477 g/mol. The van der Waals surface area contributed by atoms with Crippen LogP contribution < -0.4 is 15.5 Å². The van der Waals surface area contributed by atoms with Crippen molar-refractivity contribution in [3.05, 3.63) is 59.7 Å². The van der Waals surface area contributed by atoms with Gasteiger partial charge in [-0.15, -0.1) is 0 Å². The molecule has 2 aromatic carbocycles. The Balaban J connectivity index is 1.19. The molecule has 0 spiro atoms. The molecule has 2 aromatic rings. The highest BCUT2D eigenvalue weighted by Crippen LogP contribution is 2.26. The maximum atomic E-state index is 13.0. The highest BCUT2D eigenvalue weighted by atomic mass is 16.2. The molecule has 0 unspecified atom stereocenters. The molecule has 0 aromatic heterocycles. The summed E-state index contributed by atoms with van der Waals surface area (Å²) >= 11 is 0. The first-order valence-electron chi connectivity index (χ1n) is 13.1. The van der Waals surface area contributed by atoms with E-state index in [-0.39, 0.29) is 11.9 Å². The number of amides is 3. The van der Waals surface area contributed by atoms with Crippen molar-refractivity contribution in [1.29, 1.82) is 0 Å². The number of para-hydroxylation sites is 1. The molecule has 188 valence electrons. The van der Waals surface area contributed by atoms with Crippen molar-refractivity contribution in [3.63, 3.8) is 0 Å². The van der Waals surface area contributed by atoms with E-state index >= 15 is 0 Å². The largest absolute Gasteiger partial charge is 0.356 e. The number of carbonyl (C=O) groups excluding carboxylic acids is 2. The summed E-state index contributed by atoms with van der Waals surface area (Å²) in [6.07, 6.45) is 4.41. The Kier molecular flexibility index (Phi) is 9.15. The van der Waals surface area contributed by atoms with Crippen LogP contribution in [-0.4, -0.2) is 74.1 Å². The second-order valence-electron chi connectivity index (χ2n) is 9.52. The van der Waals surface area contributed by atoms with E-state index in [4.69, 9.17) is 0 Å². The summed E-state index contributed by atoms with van der Waals surface area (Å²) in [6, 6.07) is 15.6. The number of nitrogens with one attached hydrogen (secondary N) is 2. The van der Waals surface area contributed by atoms with E-state index in [0.717, 1.165) is 88.4 Å². The van der Waals surface area contributed by atoms with Crippen molar-refractivity contribution in [2.75, 3.05) is 62.6 Å². The fraction of sp³-hybridized carbons (Fsp3) is 0.500. The highest BCUT2D eigenvalue weighted by molar-refractivity contribution is 6.02. The van der Waals surface area contributed by atoms with Crippen molar-refractivity contribution in [1.82, 2.24) is 15.1 Å². The molecular weight excluding hydrogens is 438 g/mol. The third-order valence-electron chi connectivity index (χ3n) is 7.06. The average Bonchev–Trinajstić information content (AvgIpc) is 3.11. The fourth-order valence-electron chi connectivity index (χ4n) is 4.91. The third-order valence-corrected chi connectivity index (χ3v) is 7.06. The Labute approximate surface area is 209 Å². The fourth-order valence-corrected chi connectivity index (χ4v) is 4.91. The Morgan fingerprint density at radius 1 is 0.886 bits per heavy atom.